The highest BCUT2D eigenvalue weighted by Crippen LogP contribution is 2.24. The van der Waals surface area contributed by atoms with Gasteiger partial charge in [0, 0.05) is 34.8 Å². The molecule has 2 aromatic rings. The van der Waals surface area contributed by atoms with Gasteiger partial charge < -0.3 is 0 Å². The van der Waals surface area contributed by atoms with E-state index in [4.69, 9.17) is 0 Å². The molecule has 0 saturated heterocycles. The van der Waals surface area contributed by atoms with Gasteiger partial charge in [0.15, 0.2) is 0 Å². The third kappa shape index (κ3) is 3.14. The number of hydrogen-bond donors (Lipinski definition) is 0. The van der Waals surface area contributed by atoms with Crippen molar-refractivity contribution >= 4 is 27.3 Å². The van der Waals surface area contributed by atoms with Gasteiger partial charge in [-0.15, -0.1) is 11.3 Å². The number of pyridine rings is 1. The average Bonchev–Trinajstić information content (AvgIpc) is 2.66. The molecule has 2 rings (SSSR count). The first-order valence-corrected chi connectivity index (χ1v) is 6.72. The highest BCUT2D eigenvalue weighted by atomic mass is 79.9. The standard InChI is InChI=1S/C12H13BrN2S/c1-15(8-10-3-2-5-14-7-10)9-12-11(13)4-6-16-12/h2-7H,8-9H2,1H3. The smallest absolute Gasteiger partial charge is 0.0339 e. The third-order valence-corrected chi connectivity index (χ3v) is 4.19. The van der Waals surface area contributed by atoms with Crippen molar-refractivity contribution in [3.05, 3.63) is 50.9 Å². The summed E-state index contributed by atoms with van der Waals surface area (Å²) in [6.07, 6.45) is 3.72. The minimum Gasteiger partial charge on any atom is -0.297 e. The van der Waals surface area contributed by atoms with Crippen LogP contribution in [0.15, 0.2) is 40.4 Å². The lowest BCUT2D eigenvalue weighted by molar-refractivity contribution is 0.321. The molecule has 2 aromatic heterocycles. The molecule has 4 heteroatoms. The molecule has 0 unspecified atom stereocenters. The van der Waals surface area contributed by atoms with Crippen LogP contribution in [0.5, 0.6) is 0 Å². The first-order valence-electron chi connectivity index (χ1n) is 5.05. The van der Waals surface area contributed by atoms with Crippen LogP contribution in [0.4, 0.5) is 0 Å². The summed E-state index contributed by atoms with van der Waals surface area (Å²) in [5.74, 6) is 0. The Balaban J connectivity index is 1.95. The summed E-state index contributed by atoms with van der Waals surface area (Å²) in [6, 6.07) is 6.18. The summed E-state index contributed by atoms with van der Waals surface area (Å²) in [5, 5.41) is 2.11. The SMILES string of the molecule is CN(Cc1cccnc1)Cc1sccc1Br. The fourth-order valence-corrected chi connectivity index (χ4v) is 3.10. The first kappa shape index (κ1) is 11.8. The molecule has 0 saturated carbocycles. The average molecular weight is 297 g/mol. The summed E-state index contributed by atoms with van der Waals surface area (Å²) in [4.78, 5) is 7.77. The van der Waals surface area contributed by atoms with Crippen LogP contribution < -0.4 is 0 Å². The molecule has 0 aromatic carbocycles. The van der Waals surface area contributed by atoms with E-state index in [0.29, 0.717) is 0 Å². The molecule has 2 heterocycles. The van der Waals surface area contributed by atoms with Gasteiger partial charge in [-0.1, -0.05) is 6.07 Å². The second-order valence-corrected chi connectivity index (χ2v) is 5.58. The fraction of sp³-hybridized carbons (Fsp3) is 0.250. The lowest BCUT2D eigenvalue weighted by Crippen LogP contribution is -2.16. The van der Waals surface area contributed by atoms with Gasteiger partial charge in [-0.3, -0.25) is 9.88 Å². The molecule has 16 heavy (non-hydrogen) atoms. The van der Waals surface area contributed by atoms with Crippen molar-refractivity contribution in [3.63, 3.8) is 0 Å². The number of nitrogens with zero attached hydrogens (tertiary/aromatic N) is 2. The second-order valence-electron chi connectivity index (χ2n) is 3.73. The number of hydrogen-bond acceptors (Lipinski definition) is 3. The Hall–Kier alpha value is -0.710. The lowest BCUT2D eigenvalue weighted by atomic mass is 10.2. The largest absolute Gasteiger partial charge is 0.297 e. The maximum absolute atomic E-state index is 4.12. The van der Waals surface area contributed by atoms with Gasteiger partial charge in [0.05, 0.1) is 0 Å². The van der Waals surface area contributed by atoms with Gasteiger partial charge in [-0.25, -0.2) is 0 Å². The Bertz CT molecular complexity index is 441. The van der Waals surface area contributed by atoms with Gasteiger partial charge in [-0.2, -0.15) is 0 Å². The summed E-state index contributed by atoms with van der Waals surface area (Å²) >= 11 is 5.34. The van der Waals surface area contributed by atoms with E-state index in [1.165, 1.54) is 14.9 Å². The van der Waals surface area contributed by atoms with Crippen molar-refractivity contribution in [1.29, 1.82) is 0 Å². The zero-order chi connectivity index (χ0) is 11.4. The zero-order valence-corrected chi connectivity index (χ0v) is 11.5. The Morgan fingerprint density at radius 1 is 1.38 bits per heavy atom. The van der Waals surface area contributed by atoms with Crippen molar-refractivity contribution < 1.29 is 0 Å². The van der Waals surface area contributed by atoms with E-state index in [-0.39, 0.29) is 0 Å². The summed E-state index contributed by atoms with van der Waals surface area (Å²) in [5.41, 5.74) is 1.25. The van der Waals surface area contributed by atoms with E-state index >= 15 is 0 Å². The molecular weight excluding hydrogens is 284 g/mol. The van der Waals surface area contributed by atoms with Crippen LogP contribution in [-0.4, -0.2) is 16.9 Å². The normalized spacial score (nSPS) is 10.9. The molecule has 2 nitrogen and oxygen atoms in total. The molecule has 0 atom stereocenters. The van der Waals surface area contributed by atoms with E-state index in [9.17, 15) is 0 Å². The Morgan fingerprint density at radius 3 is 2.88 bits per heavy atom. The van der Waals surface area contributed by atoms with Crippen molar-refractivity contribution in [2.75, 3.05) is 7.05 Å². The molecule has 0 aliphatic carbocycles. The van der Waals surface area contributed by atoms with Crippen molar-refractivity contribution in [2.24, 2.45) is 0 Å². The zero-order valence-electron chi connectivity index (χ0n) is 9.06. The van der Waals surface area contributed by atoms with Crippen LogP contribution in [0, 0.1) is 0 Å². The first-order chi connectivity index (χ1) is 7.75. The Labute approximate surface area is 108 Å². The van der Waals surface area contributed by atoms with Gasteiger partial charge >= 0.3 is 0 Å². The van der Waals surface area contributed by atoms with E-state index in [1.807, 2.05) is 12.3 Å². The maximum atomic E-state index is 4.12. The van der Waals surface area contributed by atoms with Crippen LogP contribution in [0.25, 0.3) is 0 Å². The van der Waals surface area contributed by atoms with Gasteiger partial charge in [-0.05, 0) is 46.1 Å². The predicted octanol–water partition coefficient (Wildman–Crippen LogP) is 3.54. The minimum atomic E-state index is 0.929. The molecule has 0 amide bonds. The van der Waals surface area contributed by atoms with E-state index < -0.39 is 0 Å². The molecule has 0 radical (unpaired) electrons. The molecule has 84 valence electrons. The van der Waals surface area contributed by atoms with Crippen LogP contribution in [0.2, 0.25) is 0 Å². The number of halogens is 1. The quantitative estimate of drug-likeness (QED) is 0.858. The number of rotatable bonds is 4. The summed E-state index contributed by atoms with van der Waals surface area (Å²) in [7, 11) is 2.12. The lowest BCUT2D eigenvalue weighted by Gasteiger charge is -2.15. The van der Waals surface area contributed by atoms with Crippen LogP contribution >= 0.6 is 27.3 Å². The fourth-order valence-electron chi connectivity index (χ4n) is 1.54. The Kier molecular flexibility index (Phi) is 4.09. The van der Waals surface area contributed by atoms with Crippen molar-refractivity contribution in [2.45, 2.75) is 13.1 Å². The van der Waals surface area contributed by atoms with Crippen molar-refractivity contribution in [3.8, 4) is 0 Å². The van der Waals surface area contributed by atoms with Gasteiger partial charge in [0.1, 0.15) is 0 Å². The van der Waals surface area contributed by atoms with Crippen LogP contribution in [-0.2, 0) is 13.1 Å². The monoisotopic (exact) mass is 296 g/mol. The van der Waals surface area contributed by atoms with E-state index in [0.717, 1.165) is 13.1 Å². The van der Waals surface area contributed by atoms with E-state index in [1.54, 1.807) is 17.5 Å². The molecule has 0 spiro atoms. The molecule has 0 aliphatic heterocycles. The Morgan fingerprint density at radius 2 is 2.25 bits per heavy atom. The highest BCUT2D eigenvalue weighted by molar-refractivity contribution is 9.10. The van der Waals surface area contributed by atoms with Crippen molar-refractivity contribution in [1.82, 2.24) is 9.88 Å². The minimum absolute atomic E-state index is 0.929. The third-order valence-electron chi connectivity index (χ3n) is 2.28. The summed E-state index contributed by atoms with van der Waals surface area (Å²) < 4.78 is 1.20. The van der Waals surface area contributed by atoms with Gasteiger partial charge in [0.25, 0.3) is 0 Å². The van der Waals surface area contributed by atoms with E-state index in [2.05, 4.69) is 50.4 Å². The predicted molar refractivity (Wildman–Crippen MR) is 71.4 cm³/mol. The van der Waals surface area contributed by atoms with Gasteiger partial charge in [0.2, 0.25) is 0 Å². The topological polar surface area (TPSA) is 16.1 Å². The highest BCUT2D eigenvalue weighted by Gasteiger charge is 2.05. The molecule has 0 bridgehead atoms. The van der Waals surface area contributed by atoms with Crippen LogP contribution in [0.1, 0.15) is 10.4 Å². The molecular formula is C12H13BrN2S. The van der Waals surface area contributed by atoms with Crippen LogP contribution in [0.3, 0.4) is 0 Å². The maximum Gasteiger partial charge on any atom is 0.0339 e. The molecule has 0 fully saturated rings. The second kappa shape index (κ2) is 5.57. The summed E-state index contributed by atoms with van der Waals surface area (Å²) in [6.45, 7) is 1.89. The molecule has 0 N–H and O–H groups in total. The molecule has 0 aliphatic rings. The number of aromatic nitrogens is 1. The number of thiophene rings is 1.